The van der Waals surface area contributed by atoms with Crippen molar-refractivity contribution in [3.05, 3.63) is 29.3 Å². The van der Waals surface area contributed by atoms with Crippen molar-refractivity contribution in [1.29, 1.82) is 0 Å². The number of rotatable bonds is 5. The first kappa shape index (κ1) is 16.6. The lowest BCUT2D eigenvalue weighted by molar-refractivity contribution is -0.145. The number of hydrogen-bond acceptors (Lipinski definition) is 5. The van der Waals surface area contributed by atoms with Crippen molar-refractivity contribution < 1.29 is 28.9 Å². The number of anilines is 1. The predicted octanol–water partition coefficient (Wildman–Crippen LogP) is 1.95. The summed E-state index contributed by atoms with van der Waals surface area (Å²) in [5.74, 6) is -2.54. The van der Waals surface area contributed by atoms with Gasteiger partial charge in [0.05, 0.1) is 43.1 Å². The number of fused-ring (bicyclic) bond motifs is 2. The molecule has 2 heterocycles. The van der Waals surface area contributed by atoms with Crippen molar-refractivity contribution >= 4 is 29.2 Å². The second-order valence-corrected chi connectivity index (χ2v) is 5.92. The van der Waals surface area contributed by atoms with Gasteiger partial charge >= 0.3 is 5.97 Å². The molecular weight excluding hydrogens is 338 g/mol. The molecular formula is C16H16ClNO6. The third kappa shape index (κ3) is 2.70. The minimum absolute atomic E-state index is 0.335. The van der Waals surface area contributed by atoms with Gasteiger partial charge in [-0.3, -0.25) is 9.59 Å². The van der Waals surface area contributed by atoms with Crippen molar-refractivity contribution in [3.63, 3.8) is 0 Å². The Bertz CT molecular complexity index is 719. The summed E-state index contributed by atoms with van der Waals surface area (Å²) >= 11 is 6.04. The molecule has 8 heteroatoms. The van der Waals surface area contributed by atoms with E-state index in [0.29, 0.717) is 22.2 Å². The molecule has 2 bridgehead atoms. The zero-order valence-electron chi connectivity index (χ0n) is 13.0. The average Bonchev–Trinajstić information content (AvgIpc) is 3.16. The van der Waals surface area contributed by atoms with Crippen LogP contribution in [-0.2, 0) is 14.3 Å². The second kappa shape index (κ2) is 6.33. The van der Waals surface area contributed by atoms with Crippen molar-refractivity contribution in [2.45, 2.75) is 12.2 Å². The van der Waals surface area contributed by atoms with Crippen molar-refractivity contribution in [2.24, 2.45) is 11.8 Å². The molecule has 0 aliphatic carbocycles. The van der Waals surface area contributed by atoms with Gasteiger partial charge in [0.2, 0.25) is 5.91 Å². The first-order valence-electron chi connectivity index (χ1n) is 7.25. The van der Waals surface area contributed by atoms with E-state index in [2.05, 4.69) is 5.32 Å². The van der Waals surface area contributed by atoms with Crippen molar-refractivity contribution in [1.82, 2.24) is 0 Å². The highest BCUT2D eigenvalue weighted by Crippen LogP contribution is 2.41. The normalized spacial score (nSPS) is 27.1. The smallest absolute Gasteiger partial charge is 0.310 e. The minimum atomic E-state index is -1.06. The van der Waals surface area contributed by atoms with E-state index in [0.717, 1.165) is 0 Å². The quantitative estimate of drug-likeness (QED) is 0.786. The number of methoxy groups -OCH3 is 2. The average molecular weight is 354 g/mol. The standard InChI is InChI=1S/C16H16ClNO6/c1-22-11-6-8(12(23-2)5-7(11)17)18-15(19)13-9-3-4-10(24-9)14(13)16(20)21/h3-6,9-10,13-14H,1-2H3,(H,18,19)(H,20,21)/t9-,10-,13+,14-/m1/s1. The van der Waals surface area contributed by atoms with Crippen LogP contribution in [0.2, 0.25) is 5.02 Å². The number of nitrogens with one attached hydrogen (secondary N) is 1. The molecule has 3 rings (SSSR count). The third-order valence-electron chi connectivity index (χ3n) is 4.22. The molecule has 0 spiro atoms. The number of benzene rings is 1. The maximum atomic E-state index is 12.7. The van der Waals surface area contributed by atoms with E-state index >= 15 is 0 Å². The van der Waals surface area contributed by atoms with E-state index in [1.807, 2.05) is 0 Å². The van der Waals surface area contributed by atoms with Gasteiger partial charge in [-0.15, -0.1) is 0 Å². The SMILES string of the molecule is COc1cc(NC(=O)[C@@H]2[C@H](C(=O)O)[C@H]3C=C[C@H]2O3)c(OC)cc1Cl. The molecule has 1 amide bonds. The number of aliphatic carboxylic acids is 1. The topological polar surface area (TPSA) is 94.1 Å². The molecule has 24 heavy (non-hydrogen) atoms. The van der Waals surface area contributed by atoms with Gasteiger partial charge in [-0.2, -0.15) is 0 Å². The molecule has 2 aliphatic rings. The highest BCUT2D eigenvalue weighted by Gasteiger charge is 2.53. The van der Waals surface area contributed by atoms with Crippen LogP contribution in [0.1, 0.15) is 0 Å². The van der Waals surface area contributed by atoms with E-state index in [4.69, 9.17) is 25.8 Å². The van der Waals surface area contributed by atoms with Crippen molar-refractivity contribution in [2.75, 3.05) is 19.5 Å². The van der Waals surface area contributed by atoms with Crippen molar-refractivity contribution in [3.8, 4) is 11.5 Å². The molecule has 2 N–H and O–H groups in total. The first-order chi connectivity index (χ1) is 11.5. The van der Waals surface area contributed by atoms with Gasteiger partial charge in [0, 0.05) is 12.1 Å². The number of hydrogen-bond donors (Lipinski definition) is 2. The molecule has 0 aromatic heterocycles. The molecule has 128 valence electrons. The van der Waals surface area contributed by atoms with Crippen LogP contribution in [0.5, 0.6) is 11.5 Å². The van der Waals surface area contributed by atoms with Crippen LogP contribution < -0.4 is 14.8 Å². The summed E-state index contributed by atoms with van der Waals surface area (Å²) in [5, 5.41) is 12.4. The number of halogens is 1. The monoisotopic (exact) mass is 353 g/mol. The summed E-state index contributed by atoms with van der Waals surface area (Å²) in [5.41, 5.74) is 0.347. The summed E-state index contributed by atoms with van der Waals surface area (Å²) in [7, 11) is 2.89. The molecule has 1 saturated heterocycles. The number of carboxylic acid groups (broad SMARTS) is 1. The fourth-order valence-corrected chi connectivity index (χ4v) is 3.32. The Labute approximate surface area is 143 Å². The van der Waals surface area contributed by atoms with Crippen LogP contribution in [0.25, 0.3) is 0 Å². The van der Waals surface area contributed by atoms with Crippen LogP contribution in [0.3, 0.4) is 0 Å². The van der Waals surface area contributed by atoms with Crippen LogP contribution in [0, 0.1) is 11.8 Å². The Hall–Kier alpha value is -2.25. The lowest BCUT2D eigenvalue weighted by Crippen LogP contribution is -2.39. The van der Waals surface area contributed by atoms with E-state index in [-0.39, 0.29) is 0 Å². The highest BCUT2D eigenvalue weighted by atomic mass is 35.5. The Kier molecular flexibility index (Phi) is 4.38. The molecule has 1 aromatic carbocycles. The number of ether oxygens (including phenoxy) is 3. The highest BCUT2D eigenvalue weighted by molar-refractivity contribution is 6.32. The summed E-state index contributed by atoms with van der Waals surface area (Å²) < 4.78 is 15.8. The Morgan fingerprint density at radius 2 is 1.75 bits per heavy atom. The summed E-state index contributed by atoms with van der Waals surface area (Å²) in [6.07, 6.45) is 2.27. The van der Waals surface area contributed by atoms with Crippen LogP contribution in [-0.4, -0.2) is 43.4 Å². The number of carbonyl (C=O) groups excluding carboxylic acids is 1. The maximum Gasteiger partial charge on any atom is 0.310 e. The minimum Gasteiger partial charge on any atom is -0.495 e. The number of carbonyl (C=O) groups is 2. The lowest BCUT2D eigenvalue weighted by Gasteiger charge is -2.22. The Morgan fingerprint density at radius 3 is 2.33 bits per heavy atom. The summed E-state index contributed by atoms with van der Waals surface area (Å²) in [4.78, 5) is 24.1. The summed E-state index contributed by atoms with van der Waals surface area (Å²) in [6.45, 7) is 0. The van der Waals surface area contributed by atoms with Gasteiger partial charge in [0.15, 0.2) is 0 Å². The molecule has 0 unspecified atom stereocenters. The Balaban J connectivity index is 1.87. The van der Waals surface area contributed by atoms with Gasteiger partial charge < -0.3 is 24.6 Å². The molecule has 1 fully saturated rings. The van der Waals surface area contributed by atoms with E-state index in [1.165, 1.54) is 26.4 Å². The first-order valence-corrected chi connectivity index (χ1v) is 7.63. The molecule has 4 atom stereocenters. The molecule has 7 nitrogen and oxygen atoms in total. The molecule has 1 aromatic rings. The van der Waals surface area contributed by atoms with Gasteiger partial charge in [0.25, 0.3) is 0 Å². The summed E-state index contributed by atoms with van der Waals surface area (Å²) in [6, 6.07) is 3.04. The van der Waals surface area contributed by atoms with Gasteiger partial charge in [-0.25, -0.2) is 0 Å². The van der Waals surface area contributed by atoms with Crippen LogP contribution in [0.4, 0.5) is 5.69 Å². The maximum absolute atomic E-state index is 12.7. The van der Waals surface area contributed by atoms with Crippen LogP contribution in [0.15, 0.2) is 24.3 Å². The Morgan fingerprint density at radius 1 is 1.12 bits per heavy atom. The predicted molar refractivity (Wildman–Crippen MR) is 85.6 cm³/mol. The van der Waals surface area contributed by atoms with E-state index in [1.54, 1.807) is 12.2 Å². The molecule has 2 aliphatic heterocycles. The van der Waals surface area contributed by atoms with Gasteiger partial charge in [-0.05, 0) is 0 Å². The molecule has 0 radical (unpaired) electrons. The fraction of sp³-hybridized carbons (Fsp3) is 0.375. The van der Waals surface area contributed by atoms with Gasteiger partial charge in [-0.1, -0.05) is 23.8 Å². The largest absolute Gasteiger partial charge is 0.495 e. The zero-order chi connectivity index (χ0) is 17.4. The lowest BCUT2D eigenvalue weighted by atomic mass is 9.82. The van der Waals surface area contributed by atoms with Crippen LogP contribution >= 0.6 is 11.6 Å². The fourth-order valence-electron chi connectivity index (χ4n) is 3.09. The number of carboxylic acids is 1. The number of amides is 1. The second-order valence-electron chi connectivity index (χ2n) is 5.52. The third-order valence-corrected chi connectivity index (χ3v) is 4.51. The molecule has 0 saturated carbocycles. The zero-order valence-corrected chi connectivity index (χ0v) is 13.7. The van der Waals surface area contributed by atoms with E-state index in [9.17, 15) is 14.7 Å². The van der Waals surface area contributed by atoms with E-state index < -0.39 is 35.9 Å². The van der Waals surface area contributed by atoms with Gasteiger partial charge in [0.1, 0.15) is 17.4 Å².